The molecule has 264 valence electrons. The van der Waals surface area contributed by atoms with Crippen LogP contribution < -0.4 is 10.9 Å². The SMILES string of the molecule is CC1(C)c2cccc3c2-n2c4c(c(-c5cccc6c5[nH]c5ccc7ccccc7c56)cc(-n5c6ccccc6c6ccccc65)c4c4c5ccccc5cc1c42)B3. The summed E-state index contributed by atoms with van der Waals surface area (Å²) in [6.45, 7) is 4.87. The summed E-state index contributed by atoms with van der Waals surface area (Å²) in [6, 6.07) is 59.3. The molecule has 0 saturated heterocycles. The van der Waals surface area contributed by atoms with E-state index in [1.54, 1.807) is 0 Å². The maximum atomic E-state index is 3.97. The van der Waals surface area contributed by atoms with Crippen molar-refractivity contribution in [2.75, 3.05) is 0 Å². The largest absolute Gasteiger partial charge is 0.354 e. The van der Waals surface area contributed by atoms with Crippen LogP contribution in [0.3, 0.4) is 0 Å². The van der Waals surface area contributed by atoms with Crippen LogP contribution in [0.25, 0.3) is 109 Å². The van der Waals surface area contributed by atoms with Gasteiger partial charge < -0.3 is 14.1 Å². The summed E-state index contributed by atoms with van der Waals surface area (Å²) in [5.41, 5.74) is 18.0. The molecule has 0 saturated carbocycles. The van der Waals surface area contributed by atoms with Crippen molar-refractivity contribution in [3.63, 3.8) is 0 Å². The molecule has 2 aliphatic heterocycles. The first kappa shape index (κ1) is 30.2. The number of nitrogens with one attached hydrogen (secondary N) is 1. The lowest BCUT2D eigenvalue weighted by Crippen LogP contribution is -2.41. The van der Waals surface area contributed by atoms with Gasteiger partial charge in [-0.05, 0) is 74.0 Å². The molecule has 9 aromatic carbocycles. The van der Waals surface area contributed by atoms with E-state index in [0.717, 1.165) is 7.28 Å². The Kier molecular flexibility index (Phi) is 5.42. The third kappa shape index (κ3) is 3.57. The second-order valence-corrected chi connectivity index (χ2v) is 16.9. The van der Waals surface area contributed by atoms with Crippen molar-refractivity contribution >= 4 is 105 Å². The van der Waals surface area contributed by atoms with Crippen LogP contribution in [-0.4, -0.2) is 21.4 Å². The van der Waals surface area contributed by atoms with Gasteiger partial charge in [-0.2, -0.15) is 0 Å². The molecule has 5 heterocycles. The van der Waals surface area contributed by atoms with Gasteiger partial charge in [-0.3, -0.25) is 0 Å². The molecular formula is C53H34BN3. The monoisotopic (exact) mass is 723 g/mol. The molecule has 0 aliphatic carbocycles. The number of aromatic amines is 1. The Labute approximate surface area is 328 Å². The molecule has 0 unspecified atom stereocenters. The standard InChI is InChI=1S/C53H34BN3/c1-53(2)38-21-12-22-40-50(38)57-51-39(53)27-30-14-4-6-16-32(30)46(51)47-44(56-42-23-9-7-17-33(42)34-18-8-10-24-43(34)56)28-37(48(54-40)52(47)57)35-19-11-20-36-45-31-15-5-3-13-29(31)25-26-41(45)55-49(35)36/h3-28,54-55H,1-2H3. The van der Waals surface area contributed by atoms with Gasteiger partial charge in [0, 0.05) is 54.5 Å². The normalized spacial score (nSPS) is 14.1. The van der Waals surface area contributed by atoms with Crippen molar-refractivity contribution < 1.29 is 0 Å². The van der Waals surface area contributed by atoms with Crippen LogP contribution in [-0.2, 0) is 5.41 Å². The third-order valence-corrected chi connectivity index (χ3v) is 13.8. The Bertz CT molecular complexity index is 3760. The van der Waals surface area contributed by atoms with Crippen LogP contribution >= 0.6 is 0 Å². The van der Waals surface area contributed by atoms with Crippen molar-refractivity contribution in [3.05, 3.63) is 169 Å². The van der Waals surface area contributed by atoms with E-state index in [1.807, 2.05) is 0 Å². The highest BCUT2D eigenvalue weighted by atomic mass is 15.0. The predicted octanol–water partition coefficient (Wildman–Crippen LogP) is 11.8. The van der Waals surface area contributed by atoms with Crippen molar-refractivity contribution in [1.29, 1.82) is 0 Å². The maximum absolute atomic E-state index is 3.97. The number of benzene rings is 9. The zero-order valence-electron chi connectivity index (χ0n) is 31.6. The maximum Gasteiger partial charge on any atom is 0.198 e. The average molecular weight is 724 g/mol. The number of para-hydroxylation sites is 4. The minimum absolute atomic E-state index is 0.177. The number of aromatic nitrogens is 3. The Balaban J connectivity index is 1.26. The smallest absolute Gasteiger partial charge is 0.198 e. The third-order valence-electron chi connectivity index (χ3n) is 13.8. The summed E-state index contributed by atoms with van der Waals surface area (Å²) in [5.74, 6) is 0. The van der Waals surface area contributed by atoms with E-state index >= 15 is 0 Å². The minimum atomic E-state index is -0.177. The van der Waals surface area contributed by atoms with Gasteiger partial charge in [0.05, 0.1) is 33.3 Å². The van der Waals surface area contributed by atoms with Crippen molar-refractivity contribution in [2.24, 2.45) is 0 Å². The van der Waals surface area contributed by atoms with Gasteiger partial charge in [0.1, 0.15) is 0 Å². The molecule has 0 radical (unpaired) electrons. The van der Waals surface area contributed by atoms with E-state index in [2.05, 4.69) is 186 Å². The molecule has 0 amide bonds. The Morgan fingerprint density at radius 2 is 1.16 bits per heavy atom. The highest BCUT2D eigenvalue weighted by Gasteiger charge is 2.40. The van der Waals surface area contributed by atoms with Crippen LogP contribution in [0.15, 0.2) is 158 Å². The van der Waals surface area contributed by atoms with E-state index in [9.17, 15) is 0 Å². The molecule has 14 rings (SSSR count). The van der Waals surface area contributed by atoms with E-state index in [-0.39, 0.29) is 5.41 Å². The molecule has 0 spiro atoms. The quantitative estimate of drug-likeness (QED) is 0.172. The van der Waals surface area contributed by atoms with Crippen LogP contribution in [0.1, 0.15) is 25.0 Å². The highest BCUT2D eigenvalue weighted by Crippen LogP contribution is 2.52. The molecule has 2 aliphatic rings. The average Bonchev–Trinajstić information content (AvgIpc) is 3.93. The Morgan fingerprint density at radius 1 is 0.491 bits per heavy atom. The molecule has 3 nitrogen and oxygen atoms in total. The number of hydrogen-bond donors (Lipinski definition) is 1. The zero-order valence-corrected chi connectivity index (χ0v) is 31.6. The molecular weight excluding hydrogens is 689 g/mol. The highest BCUT2D eigenvalue weighted by molar-refractivity contribution is 6.74. The molecule has 0 atom stereocenters. The summed E-state index contributed by atoms with van der Waals surface area (Å²) < 4.78 is 5.27. The van der Waals surface area contributed by atoms with Gasteiger partial charge >= 0.3 is 0 Å². The Morgan fingerprint density at radius 3 is 1.95 bits per heavy atom. The number of rotatable bonds is 2. The van der Waals surface area contributed by atoms with Crippen LogP contribution in [0.4, 0.5) is 0 Å². The number of nitrogens with zero attached hydrogens (tertiary/aromatic N) is 2. The van der Waals surface area contributed by atoms with Gasteiger partial charge in [-0.15, -0.1) is 0 Å². The molecule has 1 N–H and O–H groups in total. The number of hydrogen-bond acceptors (Lipinski definition) is 0. The van der Waals surface area contributed by atoms with Gasteiger partial charge in [-0.25, -0.2) is 0 Å². The molecule has 12 aromatic rings. The first-order chi connectivity index (χ1) is 28.1. The topological polar surface area (TPSA) is 25.6 Å². The first-order valence-electron chi connectivity index (χ1n) is 20.2. The van der Waals surface area contributed by atoms with Gasteiger partial charge in [-0.1, -0.05) is 147 Å². The van der Waals surface area contributed by atoms with E-state index < -0.39 is 0 Å². The van der Waals surface area contributed by atoms with Gasteiger partial charge in [0.15, 0.2) is 7.28 Å². The van der Waals surface area contributed by atoms with Crippen LogP contribution in [0, 0.1) is 0 Å². The fraction of sp³-hybridized carbons (Fsp3) is 0.0566. The fourth-order valence-electron chi connectivity index (χ4n) is 11.4. The minimum Gasteiger partial charge on any atom is -0.354 e. The molecule has 57 heavy (non-hydrogen) atoms. The van der Waals surface area contributed by atoms with Gasteiger partial charge in [0.25, 0.3) is 0 Å². The van der Waals surface area contributed by atoms with E-state index in [4.69, 9.17) is 0 Å². The van der Waals surface area contributed by atoms with Crippen molar-refractivity contribution in [2.45, 2.75) is 19.3 Å². The lowest BCUT2D eigenvalue weighted by Gasteiger charge is -2.38. The lowest BCUT2D eigenvalue weighted by molar-refractivity contribution is 0.632. The van der Waals surface area contributed by atoms with Crippen molar-refractivity contribution in [1.82, 2.24) is 14.1 Å². The number of fused-ring (bicyclic) bond motifs is 11. The van der Waals surface area contributed by atoms with Crippen LogP contribution in [0.2, 0.25) is 0 Å². The van der Waals surface area contributed by atoms with E-state index in [0.29, 0.717) is 0 Å². The van der Waals surface area contributed by atoms with Crippen LogP contribution in [0.5, 0.6) is 0 Å². The lowest BCUT2D eigenvalue weighted by atomic mass is 9.57. The molecule has 4 heteroatoms. The summed E-state index contributed by atoms with van der Waals surface area (Å²) in [7, 11) is 0.863. The first-order valence-corrected chi connectivity index (χ1v) is 20.2. The zero-order chi connectivity index (χ0) is 37.3. The predicted molar refractivity (Wildman–Crippen MR) is 243 cm³/mol. The molecule has 3 aromatic heterocycles. The van der Waals surface area contributed by atoms with E-state index in [1.165, 1.54) is 132 Å². The second kappa shape index (κ2) is 10.2. The number of H-pyrrole nitrogens is 1. The van der Waals surface area contributed by atoms with Gasteiger partial charge in [0.2, 0.25) is 0 Å². The summed E-state index contributed by atoms with van der Waals surface area (Å²) in [5, 5.41) is 12.9. The molecule has 0 fully saturated rings. The fourth-order valence-corrected chi connectivity index (χ4v) is 11.4. The molecule has 0 bridgehead atoms. The summed E-state index contributed by atoms with van der Waals surface area (Å²) in [4.78, 5) is 3.97. The Hall–Kier alpha value is -7.04. The summed E-state index contributed by atoms with van der Waals surface area (Å²) in [6.07, 6.45) is 0. The second-order valence-electron chi connectivity index (χ2n) is 16.9. The summed E-state index contributed by atoms with van der Waals surface area (Å²) >= 11 is 0. The van der Waals surface area contributed by atoms with Crippen molar-refractivity contribution in [3.8, 4) is 22.5 Å².